The van der Waals surface area contributed by atoms with E-state index in [1.807, 2.05) is 60.3 Å². The monoisotopic (exact) mass is 342 g/mol. The summed E-state index contributed by atoms with van der Waals surface area (Å²) in [5.41, 5.74) is 6.20. The van der Waals surface area contributed by atoms with Crippen molar-refractivity contribution in [1.29, 1.82) is 0 Å². The van der Waals surface area contributed by atoms with Gasteiger partial charge < -0.3 is 4.98 Å². The van der Waals surface area contributed by atoms with Crippen molar-refractivity contribution in [2.24, 2.45) is 0 Å². The van der Waals surface area contributed by atoms with E-state index in [4.69, 9.17) is 10.1 Å². The Labute approximate surface area is 150 Å². The minimum atomic E-state index is 0.178. The molecular weight excluding hydrogens is 324 g/mol. The summed E-state index contributed by atoms with van der Waals surface area (Å²) in [6.45, 7) is 1.98. The first-order chi connectivity index (χ1) is 12.7. The first-order valence-corrected chi connectivity index (χ1v) is 8.88. The Bertz CT molecular complexity index is 1120. The zero-order valence-corrected chi connectivity index (χ0v) is 14.5. The van der Waals surface area contributed by atoms with Crippen molar-refractivity contribution in [2.75, 3.05) is 0 Å². The van der Waals surface area contributed by atoms with Crippen LogP contribution >= 0.6 is 0 Å². The summed E-state index contributed by atoms with van der Waals surface area (Å²) >= 11 is 0. The van der Waals surface area contributed by atoms with Gasteiger partial charge in [-0.1, -0.05) is 18.2 Å². The molecule has 3 aromatic heterocycles. The van der Waals surface area contributed by atoms with Crippen LogP contribution in [0.3, 0.4) is 0 Å². The number of carbonyl (C=O) groups is 1. The highest BCUT2D eigenvalue weighted by molar-refractivity contribution is 6.11. The number of para-hydroxylation sites is 1. The number of H-pyrrole nitrogens is 1. The quantitative estimate of drug-likeness (QED) is 0.592. The van der Waals surface area contributed by atoms with E-state index in [0.29, 0.717) is 6.42 Å². The number of ketones is 1. The van der Waals surface area contributed by atoms with E-state index >= 15 is 0 Å². The van der Waals surface area contributed by atoms with Gasteiger partial charge in [-0.25, -0.2) is 9.67 Å². The van der Waals surface area contributed by atoms with Crippen LogP contribution in [0.15, 0.2) is 48.7 Å². The predicted octanol–water partition coefficient (Wildman–Crippen LogP) is 4.24. The topological polar surface area (TPSA) is 63.6 Å². The number of aromatic nitrogens is 4. The predicted molar refractivity (Wildman–Crippen MR) is 101 cm³/mol. The van der Waals surface area contributed by atoms with Gasteiger partial charge in [0.05, 0.1) is 22.5 Å². The first-order valence-electron chi connectivity index (χ1n) is 8.88. The summed E-state index contributed by atoms with van der Waals surface area (Å²) in [5.74, 6) is 0.178. The number of carbonyl (C=O) groups excluding carboxylic acids is 1. The molecule has 0 radical (unpaired) electrons. The summed E-state index contributed by atoms with van der Waals surface area (Å²) in [6.07, 6.45) is 4.15. The van der Waals surface area contributed by atoms with Crippen molar-refractivity contribution < 1.29 is 4.79 Å². The number of pyridine rings is 1. The molecule has 26 heavy (non-hydrogen) atoms. The molecule has 0 saturated carbocycles. The van der Waals surface area contributed by atoms with Crippen LogP contribution in [0.5, 0.6) is 0 Å². The van der Waals surface area contributed by atoms with Crippen molar-refractivity contribution >= 4 is 16.8 Å². The molecule has 0 atom stereocenters. The van der Waals surface area contributed by atoms with E-state index in [1.165, 1.54) is 0 Å². The lowest BCUT2D eigenvalue weighted by Gasteiger charge is -2.18. The SMILES string of the molecule is Cc1nn(-c2ccccc2)c2nc3c(c(-c4ccc[nH]4)c12)C(=O)CCC3. The molecule has 4 aromatic rings. The van der Waals surface area contributed by atoms with Crippen LogP contribution in [0.1, 0.15) is 34.6 Å². The van der Waals surface area contributed by atoms with Crippen LogP contribution in [0.2, 0.25) is 0 Å². The van der Waals surface area contributed by atoms with Gasteiger partial charge >= 0.3 is 0 Å². The molecule has 0 fully saturated rings. The van der Waals surface area contributed by atoms with Gasteiger partial charge in [-0.15, -0.1) is 0 Å². The van der Waals surface area contributed by atoms with Crippen LogP contribution in [0.4, 0.5) is 0 Å². The Morgan fingerprint density at radius 1 is 1.04 bits per heavy atom. The third-order valence-corrected chi connectivity index (χ3v) is 5.03. The summed E-state index contributed by atoms with van der Waals surface area (Å²) in [6, 6.07) is 14.0. The van der Waals surface area contributed by atoms with Gasteiger partial charge in [0.2, 0.25) is 0 Å². The number of Topliss-reactive ketones (excluding diaryl/α,β-unsaturated/α-hetero) is 1. The van der Waals surface area contributed by atoms with Crippen molar-refractivity contribution in [3.05, 3.63) is 65.6 Å². The molecule has 0 spiro atoms. The second-order valence-corrected chi connectivity index (χ2v) is 6.70. The standard InChI is InChI=1S/C21H18N4O/c1-13-18-20(15-10-6-12-22-15)19-16(9-5-11-17(19)26)23-21(18)25(24-13)14-7-3-2-4-8-14/h2-4,6-8,10,12,22H,5,9,11H2,1H3. The normalized spacial score (nSPS) is 14.0. The summed E-state index contributed by atoms with van der Waals surface area (Å²) < 4.78 is 1.89. The van der Waals surface area contributed by atoms with Gasteiger partial charge in [0, 0.05) is 29.4 Å². The lowest BCUT2D eigenvalue weighted by Crippen LogP contribution is -2.15. The van der Waals surface area contributed by atoms with Crippen LogP contribution in [-0.2, 0) is 6.42 Å². The average Bonchev–Trinajstić information content (AvgIpc) is 3.30. The Morgan fingerprint density at radius 2 is 1.88 bits per heavy atom. The van der Waals surface area contributed by atoms with E-state index in [2.05, 4.69) is 4.98 Å². The second-order valence-electron chi connectivity index (χ2n) is 6.70. The molecule has 1 aliphatic carbocycles. The molecule has 0 aliphatic heterocycles. The highest BCUT2D eigenvalue weighted by Gasteiger charge is 2.28. The minimum Gasteiger partial charge on any atom is -0.361 e. The fourth-order valence-corrected chi connectivity index (χ4v) is 3.89. The maximum absolute atomic E-state index is 12.8. The molecule has 1 aliphatic rings. The first kappa shape index (κ1) is 15.1. The second kappa shape index (κ2) is 5.66. The number of rotatable bonds is 2. The number of fused-ring (bicyclic) bond motifs is 2. The zero-order chi connectivity index (χ0) is 17.7. The fraction of sp³-hybridized carbons (Fsp3) is 0.190. The summed E-state index contributed by atoms with van der Waals surface area (Å²) in [7, 11) is 0. The molecule has 0 bridgehead atoms. The summed E-state index contributed by atoms with van der Waals surface area (Å²) in [4.78, 5) is 20.9. The van der Waals surface area contributed by atoms with Gasteiger partial charge in [-0.3, -0.25) is 4.79 Å². The third kappa shape index (κ3) is 2.13. The Balaban J connectivity index is 1.92. The van der Waals surface area contributed by atoms with Crippen LogP contribution in [0.25, 0.3) is 28.0 Å². The molecule has 0 saturated heterocycles. The number of nitrogens with zero attached hydrogens (tertiary/aromatic N) is 3. The zero-order valence-electron chi connectivity index (χ0n) is 14.5. The van der Waals surface area contributed by atoms with E-state index in [0.717, 1.165) is 57.8 Å². The number of aryl methyl sites for hydroxylation is 2. The van der Waals surface area contributed by atoms with Gasteiger partial charge in [-0.05, 0) is 44.0 Å². The number of hydrogen-bond donors (Lipinski definition) is 1. The molecule has 128 valence electrons. The smallest absolute Gasteiger partial charge is 0.165 e. The minimum absolute atomic E-state index is 0.178. The Hall–Kier alpha value is -3.21. The van der Waals surface area contributed by atoms with Gasteiger partial charge in [0.25, 0.3) is 0 Å². The molecular formula is C21H18N4O. The molecule has 1 aromatic carbocycles. The largest absolute Gasteiger partial charge is 0.361 e. The lowest BCUT2D eigenvalue weighted by atomic mass is 9.88. The number of benzene rings is 1. The van der Waals surface area contributed by atoms with Crippen molar-refractivity contribution in [2.45, 2.75) is 26.2 Å². The van der Waals surface area contributed by atoms with Crippen molar-refractivity contribution in [1.82, 2.24) is 19.7 Å². The fourth-order valence-electron chi connectivity index (χ4n) is 3.89. The lowest BCUT2D eigenvalue weighted by molar-refractivity contribution is 0.0972. The molecule has 5 rings (SSSR count). The maximum Gasteiger partial charge on any atom is 0.165 e. The number of nitrogens with one attached hydrogen (secondary N) is 1. The van der Waals surface area contributed by atoms with E-state index in [9.17, 15) is 4.79 Å². The highest BCUT2D eigenvalue weighted by Crippen LogP contribution is 2.37. The number of hydrogen-bond acceptors (Lipinski definition) is 3. The van der Waals surface area contributed by atoms with Crippen LogP contribution in [0, 0.1) is 6.92 Å². The molecule has 1 N–H and O–H groups in total. The summed E-state index contributed by atoms with van der Waals surface area (Å²) in [5, 5.41) is 5.71. The molecule has 5 nitrogen and oxygen atoms in total. The van der Waals surface area contributed by atoms with E-state index in [-0.39, 0.29) is 5.78 Å². The molecule has 0 unspecified atom stereocenters. The van der Waals surface area contributed by atoms with E-state index < -0.39 is 0 Å². The molecule has 5 heteroatoms. The van der Waals surface area contributed by atoms with Gasteiger partial charge in [0.15, 0.2) is 11.4 Å². The van der Waals surface area contributed by atoms with Crippen molar-refractivity contribution in [3.8, 4) is 16.9 Å². The Morgan fingerprint density at radius 3 is 2.65 bits per heavy atom. The Kier molecular flexibility index (Phi) is 3.28. The van der Waals surface area contributed by atoms with Gasteiger partial charge in [-0.2, -0.15) is 5.10 Å². The van der Waals surface area contributed by atoms with Crippen molar-refractivity contribution in [3.63, 3.8) is 0 Å². The average molecular weight is 342 g/mol. The van der Waals surface area contributed by atoms with Crippen LogP contribution in [-0.4, -0.2) is 25.5 Å². The van der Waals surface area contributed by atoms with E-state index in [1.54, 1.807) is 0 Å². The van der Waals surface area contributed by atoms with Crippen LogP contribution < -0.4 is 0 Å². The maximum atomic E-state index is 12.8. The highest BCUT2D eigenvalue weighted by atomic mass is 16.1. The van der Waals surface area contributed by atoms with Gasteiger partial charge in [0.1, 0.15) is 0 Å². The molecule has 3 heterocycles. The molecule has 0 amide bonds. The third-order valence-electron chi connectivity index (χ3n) is 5.03. The number of aromatic amines is 1.